The van der Waals surface area contributed by atoms with Crippen molar-refractivity contribution in [1.29, 1.82) is 0 Å². The number of aromatic nitrogens is 3. The molecule has 0 bridgehead atoms. The van der Waals surface area contributed by atoms with Crippen LogP contribution in [0.1, 0.15) is 59.5 Å². The van der Waals surface area contributed by atoms with E-state index >= 15 is 0 Å². The molecular weight excluding hydrogens is 478 g/mol. The van der Waals surface area contributed by atoms with E-state index in [0.29, 0.717) is 40.9 Å². The number of carbonyl (C=O) groups is 2. The second-order valence-corrected chi connectivity index (χ2v) is 9.82. The summed E-state index contributed by atoms with van der Waals surface area (Å²) in [4.78, 5) is 37.9. The van der Waals surface area contributed by atoms with Crippen molar-refractivity contribution in [3.8, 4) is 11.4 Å². The quantitative estimate of drug-likeness (QED) is 0.281. The first-order valence-corrected chi connectivity index (χ1v) is 12.4. The van der Waals surface area contributed by atoms with Gasteiger partial charge in [-0.05, 0) is 72.9 Å². The van der Waals surface area contributed by atoms with Crippen LogP contribution in [0.3, 0.4) is 0 Å². The summed E-state index contributed by atoms with van der Waals surface area (Å²) in [6, 6.07) is 20.1. The van der Waals surface area contributed by atoms with E-state index in [1.165, 1.54) is 11.9 Å². The zero-order valence-corrected chi connectivity index (χ0v) is 22.2. The molecule has 1 aromatic heterocycles. The van der Waals surface area contributed by atoms with Gasteiger partial charge in [-0.1, -0.05) is 45.0 Å². The molecular formula is C30H31N5O3. The Morgan fingerprint density at radius 2 is 1.58 bits per heavy atom. The highest BCUT2D eigenvalue weighted by atomic mass is 16.5. The Morgan fingerprint density at radius 3 is 2.24 bits per heavy atom. The maximum absolute atomic E-state index is 12.9. The average molecular weight is 510 g/mol. The fourth-order valence-electron chi connectivity index (χ4n) is 3.85. The minimum Gasteiger partial charge on any atom is -0.462 e. The monoisotopic (exact) mass is 509 g/mol. The summed E-state index contributed by atoms with van der Waals surface area (Å²) in [6.45, 7) is 10.4. The Labute approximate surface area is 222 Å². The first-order valence-electron chi connectivity index (χ1n) is 12.4. The Morgan fingerprint density at radius 1 is 0.895 bits per heavy atom. The summed E-state index contributed by atoms with van der Waals surface area (Å²) in [5, 5.41) is 6.14. The zero-order valence-electron chi connectivity index (χ0n) is 22.2. The molecule has 1 heterocycles. The molecule has 0 saturated heterocycles. The van der Waals surface area contributed by atoms with Gasteiger partial charge in [0.05, 0.1) is 12.2 Å². The number of benzene rings is 3. The van der Waals surface area contributed by atoms with Gasteiger partial charge in [0.2, 0.25) is 5.95 Å². The lowest BCUT2D eigenvalue weighted by Crippen LogP contribution is -2.15. The smallest absolute Gasteiger partial charge is 0.338 e. The van der Waals surface area contributed by atoms with Crippen molar-refractivity contribution in [2.75, 3.05) is 17.2 Å². The third-order valence-electron chi connectivity index (χ3n) is 6.06. The number of rotatable bonds is 7. The minimum absolute atomic E-state index is 0.0181. The molecule has 0 saturated carbocycles. The van der Waals surface area contributed by atoms with E-state index in [1.807, 2.05) is 49.4 Å². The van der Waals surface area contributed by atoms with Crippen LogP contribution in [-0.4, -0.2) is 33.4 Å². The average Bonchev–Trinajstić information content (AvgIpc) is 2.90. The largest absolute Gasteiger partial charge is 0.462 e. The van der Waals surface area contributed by atoms with Gasteiger partial charge in [-0.25, -0.2) is 14.8 Å². The second-order valence-electron chi connectivity index (χ2n) is 9.82. The fourth-order valence-corrected chi connectivity index (χ4v) is 3.85. The van der Waals surface area contributed by atoms with Crippen LogP contribution in [0.5, 0.6) is 0 Å². The molecule has 3 aromatic carbocycles. The first kappa shape index (κ1) is 26.5. The maximum atomic E-state index is 12.9. The zero-order chi connectivity index (χ0) is 27.3. The van der Waals surface area contributed by atoms with Gasteiger partial charge in [0.15, 0.2) is 5.82 Å². The van der Waals surface area contributed by atoms with Crippen molar-refractivity contribution in [2.45, 2.75) is 40.0 Å². The van der Waals surface area contributed by atoms with Gasteiger partial charge in [0.25, 0.3) is 5.91 Å². The van der Waals surface area contributed by atoms with E-state index < -0.39 is 0 Å². The molecule has 0 atom stereocenters. The molecule has 0 spiro atoms. The Hall–Kier alpha value is -4.59. The lowest BCUT2D eigenvalue weighted by Gasteiger charge is -2.19. The molecule has 1 amide bonds. The van der Waals surface area contributed by atoms with E-state index in [0.717, 1.165) is 11.1 Å². The van der Waals surface area contributed by atoms with Crippen LogP contribution >= 0.6 is 0 Å². The van der Waals surface area contributed by atoms with E-state index in [2.05, 4.69) is 46.4 Å². The highest BCUT2D eigenvalue weighted by molar-refractivity contribution is 6.05. The van der Waals surface area contributed by atoms with Crippen molar-refractivity contribution in [3.05, 3.63) is 95.3 Å². The molecule has 8 heteroatoms. The topological polar surface area (TPSA) is 106 Å². The fraction of sp³-hybridized carbons (Fsp3) is 0.233. The number of esters is 1. The minimum atomic E-state index is -0.370. The molecule has 0 aliphatic heterocycles. The normalized spacial score (nSPS) is 11.1. The summed E-state index contributed by atoms with van der Waals surface area (Å²) in [5.74, 6) is 0.265. The van der Waals surface area contributed by atoms with Crippen LogP contribution in [0.25, 0.3) is 11.4 Å². The van der Waals surface area contributed by atoms with Crippen LogP contribution in [-0.2, 0) is 10.2 Å². The van der Waals surface area contributed by atoms with Crippen molar-refractivity contribution >= 4 is 29.2 Å². The van der Waals surface area contributed by atoms with Crippen LogP contribution in [0.15, 0.2) is 73.1 Å². The van der Waals surface area contributed by atoms with Crippen molar-refractivity contribution in [3.63, 3.8) is 0 Å². The molecule has 0 aliphatic carbocycles. The number of ether oxygens (including phenoxy) is 1. The number of carbonyl (C=O) groups excluding carboxylic acids is 2. The standard InChI is InChI=1S/C30H31N5O3/c1-6-38-28(37)21-12-16-23(17-13-21)33-29-32-18-31-26(35-29)24-8-7-9-25(19(24)2)34-27(36)20-10-14-22(15-11-20)30(3,4)5/h7-18H,6H2,1-5H3,(H,34,36)(H,31,32,33,35). The van der Waals surface area contributed by atoms with E-state index in [9.17, 15) is 9.59 Å². The third kappa shape index (κ3) is 6.21. The van der Waals surface area contributed by atoms with Gasteiger partial charge in [0.1, 0.15) is 6.33 Å². The third-order valence-corrected chi connectivity index (χ3v) is 6.06. The van der Waals surface area contributed by atoms with Gasteiger partial charge in [-0.2, -0.15) is 4.98 Å². The number of hydrogen-bond donors (Lipinski definition) is 2. The summed E-state index contributed by atoms with van der Waals surface area (Å²) < 4.78 is 5.02. The van der Waals surface area contributed by atoms with Gasteiger partial charge in [-0.3, -0.25) is 4.79 Å². The van der Waals surface area contributed by atoms with E-state index in [4.69, 9.17) is 4.74 Å². The molecule has 0 aliphatic rings. The Kier molecular flexibility index (Phi) is 7.81. The molecule has 0 radical (unpaired) electrons. The molecule has 4 aromatic rings. The van der Waals surface area contributed by atoms with Gasteiger partial charge >= 0.3 is 5.97 Å². The highest BCUT2D eigenvalue weighted by Gasteiger charge is 2.16. The van der Waals surface area contributed by atoms with Crippen LogP contribution in [0.4, 0.5) is 17.3 Å². The Balaban J connectivity index is 1.51. The number of amides is 1. The predicted molar refractivity (Wildman–Crippen MR) is 149 cm³/mol. The summed E-state index contributed by atoms with van der Waals surface area (Å²) in [6.07, 6.45) is 1.43. The van der Waals surface area contributed by atoms with Crippen LogP contribution in [0, 0.1) is 6.92 Å². The molecule has 8 nitrogen and oxygen atoms in total. The number of nitrogens with one attached hydrogen (secondary N) is 2. The second kappa shape index (κ2) is 11.2. The van der Waals surface area contributed by atoms with Crippen LogP contribution in [0.2, 0.25) is 0 Å². The SMILES string of the molecule is CCOC(=O)c1ccc(Nc2ncnc(-c3cccc(NC(=O)c4ccc(C(C)(C)C)cc4)c3C)n2)cc1. The maximum Gasteiger partial charge on any atom is 0.338 e. The summed E-state index contributed by atoms with van der Waals surface area (Å²) >= 11 is 0. The van der Waals surface area contributed by atoms with Crippen molar-refractivity contribution in [2.24, 2.45) is 0 Å². The molecule has 194 valence electrons. The van der Waals surface area contributed by atoms with Crippen molar-refractivity contribution < 1.29 is 14.3 Å². The lowest BCUT2D eigenvalue weighted by molar-refractivity contribution is 0.0526. The number of anilines is 3. The highest BCUT2D eigenvalue weighted by Crippen LogP contribution is 2.28. The Bertz CT molecular complexity index is 1440. The van der Waals surface area contributed by atoms with E-state index in [-0.39, 0.29) is 17.3 Å². The molecule has 4 rings (SSSR count). The summed E-state index contributed by atoms with van der Waals surface area (Å²) in [7, 11) is 0. The molecule has 2 N–H and O–H groups in total. The van der Waals surface area contributed by atoms with Gasteiger partial charge in [-0.15, -0.1) is 0 Å². The predicted octanol–water partition coefficient (Wildman–Crippen LogP) is 6.32. The van der Waals surface area contributed by atoms with E-state index in [1.54, 1.807) is 31.2 Å². The summed E-state index contributed by atoms with van der Waals surface area (Å²) in [5.41, 5.74) is 5.24. The van der Waals surface area contributed by atoms with Crippen LogP contribution < -0.4 is 10.6 Å². The van der Waals surface area contributed by atoms with Gasteiger partial charge in [0, 0.05) is 22.5 Å². The molecule has 0 fully saturated rings. The molecule has 38 heavy (non-hydrogen) atoms. The number of hydrogen-bond acceptors (Lipinski definition) is 7. The van der Waals surface area contributed by atoms with Gasteiger partial charge < -0.3 is 15.4 Å². The first-order chi connectivity index (χ1) is 18.2. The molecule has 0 unspecified atom stereocenters. The van der Waals surface area contributed by atoms with Crippen molar-refractivity contribution in [1.82, 2.24) is 15.0 Å². The number of nitrogens with zero attached hydrogens (tertiary/aromatic N) is 3. The lowest BCUT2D eigenvalue weighted by atomic mass is 9.86.